The van der Waals surface area contributed by atoms with Crippen molar-refractivity contribution in [3.8, 4) is 0 Å². The van der Waals surface area contributed by atoms with Crippen molar-refractivity contribution in [2.45, 2.75) is 51.6 Å². The number of benzene rings is 1. The minimum Gasteiger partial charge on any atom is -0.388 e. The molecule has 0 aliphatic heterocycles. The van der Waals surface area contributed by atoms with Crippen LogP contribution in [0.15, 0.2) is 30.3 Å². The molecule has 2 aliphatic rings. The number of carbonyl (C=O) groups excluding carboxylic acids is 2. The van der Waals surface area contributed by atoms with Gasteiger partial charge in [-0.25, -0.2) is 0 Å². The summed E-state index contributed by atoms with van der Waals surface area (Å²) in [6.45, 7) is 3.93. The molecule has 2 fully saturated rings. The summed E-state index contributed by atoms with van der Waals surface area (Å²) in [5, 5.41) is 11.4. The van der Waals surface area contributed by atoms with Gasteiger partial charge in [-0.15, -0.1) is 0 Å². The normalized spacial score (nSPS) is 37.9. The van der Waals surface area contributed by atoms with Crippen LogP contribution in [0.1, 0.15) is 56.3 Å². The van der Waals surface area contributed by atoms with E-state index >= 15 is 0 Å². The maximum Gasteiger partial charge on any atom is 0.169 e. The molecule has 0 amide bonds. The largest absolute Gasteiger partial charge is 0.388 e. The van der Waals surface area contributed by atoms with Crippen LogP contribution >= 0.6 is 0 Å². The minimum atomic E-state index is -1.18. The van der Waals surface area contributed by atoms with Crippen LogP contribution in [0.2, 0.25) is 0 Å². The first-order valence-corrected chi connectivity index (χ1v) is 8.29. The van der Waals surface area contributed by atoms with Crippen molar-refractivity contribution in [3.05, 3.63) is 35.9 Å². The molecule has 3 rings (SSSR count). The molecule has 22 heavy (non-hydrogen) atoms. The Morgan fingerprint density at radius 1 is 1.27 bits per heavy atom. The zero-order valence-electron chi connectivity index (χ0n) is 13.3. The monoisotopic (exact) mass is 300 g/mol. The lowest BCUT2D eigenvalue weighted by atomic mass is 9.55. The molecule has 3 nitrogen and oxygen atoms in total. The number of rotatable bonds is 3. The highest BCUT2D eigenvalue weighted by atomic mass is 16.3. The minimum absolute atomic E-state index is 0.00410. The summed E-state index contributed by atoms with van der Waals surface area (Å²) in [7, 11) is 0. The molecule has 1 N–H and O–H groups in total. The number of hydrogen-bond acceptors (Lipinski definition) is 3. The topological polar surface area (TPSA) is 54.4 Å². The smallest absolute Gasteiger partial charge is 0.169 e. The standard InChI is InChI=1S/C19H24O3/c1-3-13-9-11-18(2)15(20)10-12-19(18,22)16(13)17(21)14-7-5-4-6-8-14/h4-8,13,16,22H,3,9-12H2,1-2H3/t13-,16-,18-,19+/m0/s1. The average molecular weight is 300 g/mol. The van der Waals surface area contributed by atoms with E-state index in [1.165, 1.54) is 0 Å². The van der Waals surface area contributed by atoms with E-state index in [9.17, 15) is 14.7 Å². The molecule has 0 radical (unpaired) electrons. The van der Waals surface area contributed by atoms with Crippen LogP contribution in [-0.2, 0) is 4.79 Å². The van der Waals surface area contributed by atoms with Gasteiger partial charge in [0.2, 0.25) is 0 Å². The van der Waals surface area contributed by atoms with E-state index < -0.39 is 16.9 Å². The van der Waals surface area contributed by atoms with Gasteiger partial charge in [0.05, 0.1) is 16.9 Å². The van der Waals surface area contributed by atoms with Gasteiger partial charge < -0.3 is 5.11 Å². The van der Waals surface area contributed by atoms with Gasteiger partial charge in [-0.2, -0.15) is 0 Å². The van der Waals surface area contributed by atoms with E-state index in [1.54, 1.807) is 12.1 Å². The highest BCUT2D eigenvalue weighted by Crippen LogP contribution is 2.58. The Labute approximate surface area is 131 Å². The molecule has 0 heterocycles. The molecule has 118 valence electrons. The van der Waals surface area contributed by atoms with Crippen molar-refractivity contribution in [1.82, 2.24) is 0 Å². The second-order valence-corrected chi connectivity index (χ2v) is 7.09. The number of carbonyl (C=O) groups is 2. The van der Waals surface area contributed by atoms with E-state index in [1.807, 2.05) is 25.1 Å². The summed E-state index contributed by atoms with van der Waals surface area (Å²) in [5.74, 6) is -0.201. The average Bonchev–Trinajstić information content (AvgIpc) is 2.78. The van der Waals surface area contributed by atoms with E-state index in [0.29, 0.717) is 24.8 Å². The third-order valence-corrected chi connectivity index (χ3v) is 6.17. The first-order chi connectivity index (χ1) is 10.4. The van der Waals surface area contributed by atoms with Gasteiger partial charge >= 0.3 is 0 Å². The van der Waals surface area contributed by atoms with Gasteiger partial charge in [0.1, 0.15) is 5.78 Å². The number of hydrogen-bond donors (Lipinski definition) is 1. The fourth-order valence-corrected chi connectivity index (χ4v) is 4.64. The second-order valence-electron chi connectivity index (χ2n) is 7.09. The Kier molecular flexibility index (Phi) is 3.72. The summed E-state index contributed by atoms with van der Waals surface area (Å²) < 4.78 is 0. The van der Waals surface area contributed by atoms with E-state index in [-0.39, 0.29) is 17.5 Å². The number of ketones is 2. The van der Waals surface area contributed by atoms with Crippen molar-refractivity contribution in [1.29, 1.82) is 0 Å². The molecule has 0 aromatic heterocycles. The van der Waals surface area contributed by atoms with Crippen molar-refractivity contribution < 1.29 is 14.7 Å². The van der Waals surface area contributed by atoms with Gasteiger partial charge in [-0.3, -0.25) is 9.59 Å². The third-order valence-electron chi connectivity index (χ3n) is 6.17. The van der Waals surface area contributed by atoms with E-state index in [2.05, 4.69) is 6.92 Å². The third kappa shape index (κ3) is 1.98. The van der Waals surface area contributed by atoms with Crippen LogP contribution in [0, 0.1) is 17.3 Å². The molecule has 1 aromatic carbocycles. The molecule has 4 atom stereocenters. The zero-order valence-corrected chi connectivity index (χ0v) is 13.3. The first-order valence-electron chi connectivity index (χ1n) is 8.29. The summed E-state index contributed by atoms with van der Waals surface area (Å²) in [5.41, 5.74) is -1.30. The molecule has 2 saturated carbocycles. The van der Waals surface area contributed by atoms with Gasteiger partial charge in [0, 0.05) is 12.0 Å². The molecule has 0 saturated heterocycles. The predicted octanol–water partition coefficient (Wildman–Crippen LogP) is 3.41. The molecular formula is C19H24O3. The number of aliphatic hydroxyl groups is 1. The summed E-state index contributed by atoms with van der Waals surface area (Å²) >= 11 is 0. The fourth-order valence-electron chi connectivity index (χ4n) is 4.64. The predicted molar refractivity (Wildman–Crippen MR) is 84.6 cm³/mol. The Morgan fingerprint density at radius 3 is 2.59 bits per heavy atom. The molecule has 0 bridgehead atoms. The van der Waals surface area contributed by atoms with Crippen LogP contribution in [0.3, 0.4) is 0 Å². The molecular weight excluding hydrogens is 276 g/mol. The molecule has 0 unspecified atom stereocenters. The highest BCUT2D eigenvalue weighted by Gasteiger charge is 2.65. The molecule has 0 spiro atoms. The van der Waals surface area contributed by atoms with Crippen LogP contribution in [-0.4, -0.2) is 22.3 Å². The number of Topliss-reactive ketones (excluding diaryl/α,β-unsaturated/α-hetero) is 2. The highest BCUT2D eigenvalue weighted by molar-refractivity contribution is 6.00. The molecule has 2 aliphatic carbocycles. The van der Waals surface area contributed by atoms with Gasteiger partial charge in [-0.1, -0.05) is 43.7 Å². The van der Waals surface area contributed by atoms with Crippen LogP contribution < -0.4 is 0 Å². The maximum absolute atomic E-state index is 13.1. The maximum atomic E-state index is 13.1. The second kappa shape index (κ2) is 5.31. The SMILES string of the molecule is CC[C@H]1CC[C@@]2(C)C(=O)CC[C@@]2(O)[C@@H]1C(=O)c1ccccc1. The summed E-state index contributed by atoms with van der Waals surface area (Å²) in [6.07, 6.45) is 3.20. The van der Waals surface area contributed by atoms with E-state index in [4.69, 9.17) is 0 Å². The Morgan fingerprint density at radius 2 is 1.95 bits per heavy atom. The van der Waals surface area contributed by atoms with Gasteiger partial charge in [0.15, 0.2) is 5.78 Å². The summed E-state index contributed by atoms with van der Waals surface area (Å²) in [6, 6.07) is 9.19. The van der Waals surface area contributed by atoms with Crippen molar-refractivity contribution in [2.24, 2.45) is 17.3 Å². The lowest BCUT2D eigenvalue weighted by Crippen LogP contribution is -2.58. The van der Waals surface area contributed by atoms with Gasteiger partial charge in [0.25, 0.3) is 0 Å². The molecule has 3 heteroatoms. The quantitative estimate of drug-likeness (QED) is 0.870. The van der Waals surface area contributed by atoms with Crippen molar-refractivity contribution in [3.63, 3.8) is 0 Å². The Balaban J connectivity index is 2.05. The lowest BCUT2D eigenvalue weighted by Gasteiger charge is -2.50. The van der Waals surface area contributed by atoms with Crippen LogP contribution in [0.5, 0.6) is 0 Å². The fraction of sp³-hybridized carbons (Fsp3) is 0.579. The van der Waals surface area contributed by atoms with Crippen LogP contribution in [0.4, 0.5) is 0 Å². The Hall–Kier alpha value is -1.48. The first kappa shape index (κ1) is 15.4. The van der Waals surface area contributed by atoms with Gasteiger partial charge in [-0.05, 0) is 32.1 Å². The summed E-state index contributed by atoms with van der Waals surface area (Å²) in [4.78, 5) is 25.5. The molecule has 1 aromatic rings. The number of fused-ring (bicyclic) bond motifs is 1. The lowest BCUT2D eigenvalue weighted by molar-refractivity contribution is -0.154. The van der Waals surface area contributed by atoms with Crippen LogP contribution in [0.25, 0.3) is 0 Å². The van der Waals surface area contributed by atoms with Crippen molar-refractivity contribution >= 4 is 11.6 Å². The van der Waals surface area contributed by atoms with Crippen molar-refractivity contribution in [2.75, 3.05) is 0 Å². The Bertz CT molecular complexity index is 594. The zero-order chi connectivity index (χ0) is 16.0. The van der Waals surface area contributed by atoms with E-state index in [0.717, 1.165) is 12.8 Å².